The smallest absolute Gasteiger partial charge is 0.328 e. The van der Waals surface area contributed by atoms with Crippen molar-refractivity contribution in [2.24, 2.45) is 5.92 Å². The Bertz CT molecular complexity index is 502. The number of aromatic hydroxyl groups is 1. The largest absolute Gasteiger partial charge is 0.507 e. The maximum atomic E-state index is 12.1. The molecule has 1 rings (SSSR count). The highest BCUT2D eigenvalue weighted by molar-refractivity contribution is 14.1. The first-order valence-electron chi connectivity index (χ1n) is 6.22. The molecule has 0 saturated heterocycles. The van der Waals surface area contributed by atoms with Crippen molar-refractivity contribution in [2.45, 2.75) is 26.3 Å². The molecule has 110 valence electrons. The van der Waals surface area contributed by atoms with E-state index in [1.165, 1.54) is 13.2 Å². The van der Waals surface area contributed by atoms with Crippen LogP contribution in [0.4, 0.5) is 0 Å². The highest BCUT2D eigenvalue weighted by Gasteiger charge is 2.23. The van der Waals surface area contributed by atoms with Gasteiger partial charge < -0.3 is 15.2 Å². The Kier molecular flexibility index (Phi) is 6.25. The molecule has 0 aromatic heterocycles. The molecule has 1 aromatic rings. The standard InChI is InChI=1S/C14H18INO4/c1-8(2)6-11(14(19)20-3)16-13(18)9-4-5-10(15)12(17)7-9/h4-5,7-8,11,17H,6H2,1-3H3,(H,16,18). The fourth-order valence-corrected chi connectivity index (χ4v) is 2.06. The maximum absolute atomic E-state index is 12.1. The zero-order valence-corrected chi connectivity index (χ0v) is 13.8. The topological polar surface area (TPSA) is 75.6 Å². The molecule has 0 aliphatic carbocycles. The maximum Gasteiger partial charge on any atom is 0.328 e. The molecular formula is C14H18INO4. The zero-order chi connectivity index (χ0) is 15.3. The van der Waals surface area contributed by atoms with Crippen molar-refractivity contribution in [3.8, 4) is 5.75 Å². The molecule has 1 amide bonds. The molecule has 0 spiro atoms. The molecule has 2 N–H and O–H groups in total. The number of nitrogens with one attached hydrogen (secondary N) is 1. The molecule has 5 nitrogen and oxygen atoms in total. The van der Waals surface area contributed by atoms with Gasteiger partial charge in [0.05, 0.1) is 10.7 Å². The fourth-order valence-electron chi connectivity index (χ4n) is 1.72. The number of carbonyl (C=O) groups excluding carboxylic acids is 2. The third kappa shape index (κ3) is 4.66. The Labute approximate surface area is 131 Å². The van der Waals surface area contributed by atoms with Gasteiger partial charge in [0.1, 0.15) is 11.8 Å². The molecule has 0 aliphatic heterocycles. The highest BCUT2D eigenvalue weighted by atomic mass is 127. The van der Waals surface area contributed by atoms with Crippen LogP contribution < -0.4 is 5.32 Å². The number of amides is 1. The predicted molar refractivity (Wildman–Crippen MR) is 83.5 cm³/mol. The first-order chi connectivity index (χ1) is 9.35. The number of phenols is 1. The molecule has 0 bridgehead atoms. The number of methoxy groups -OCH3 is 1. The normalized spacial score (nSPS) is 12.1. The summed E-state index contributed by atoms with van der Waals surface area (Å²) in [5.74, 6) is -0.601. The Morgan fingerprint density at radius 1 is 1.40 bits per heavy atom. The van der Waals surface area contributed by atoms with Crippen LogP contribution >= 0.6 is 22.6 Å². The minimum Gasteiger partial charge on any atom is -0.507 e. The molecule has 1 aromatic carbocycles. The summed E-state index contributed by atoms with van der Waals surface area (Å²) in [6, 6.07) is 3.93. The summed E-state index contributed by atoms with van der Waals surface area (Å²) in [5, 5.41) is 12.2. The third-order valence-electron chi connectivity index (χ3n) is 2.71. The second kappa shape index (κ2) is 7.47. The van der Waals surface area contributed by atoms with Gasteiger partial charge in [-0.05, 0) is 53.1 Å². The van der Waals surface area contributed by atoms with Gasteiger partial charge in [-0.1, -0.05) is 13.8 Å². The van der Waals surface area contributed by atoms with Gasteiger partial charge in [0.25, 0.3) is 5.91 Å². The lowest BCUT2D eigenvalue weighted by atomic mass is 10.0. The fraction of sp³-hybridized carbons (Fsp3) is 0.429. The molecule has 0 fully saturated rings. The number of phenolic OH excluding ortho intramolecular Hbond substituents is 1. The van der Waals surface area contributed by atoms with E-state index in [9.17, 15) is 14.7 Å². The SMILES string of the molecule is COC(=O)C(CC(C)C)NC(=O)c1ccc(I)c(O)c1. The Balaban J connectivity index is 2.84. The number of hydrogen-bond donors (Lipinski definition) is 2. The monoisotopic (exact) mass is 391 g/mol. The molecular weight excluding hydrogens is 373 g/mol. The van der Waals surface area contributed by atoms with E-state index in [0.29, 0.717) is 15.6 Å². The summed E-state index contributed by atoms with van der Waals surface area (Å²) in [7, 11) is 1.29. The van der Waals surface area contributed by atoms with Crippen molar-refractivity contribution in [3.63, 3.8) is 0 Å². The van der Waals surface area contributed by atoms with Crippen LogP contribution in [0.15, 0.2) is 18.2 Å². The summed E-state index contributed by atoms with van der Waals surface area (Å²) >= 11 is 1.97. The Morgan fingerprint density at radius 3 is 2.55 bits per heavy atom. The zero-order valence-electron chi connectivity index (χ0n) is 11.6. The van der Waals surface area contributed by atoms with Crippen molar-refractivity contribution < 1.29 is 19.4 Å². The van der Waals surface area contributed by atoms with Crippen LogP contribution in [0.1, 0.15) is 30.6 Å². The van der Waals surface area contributed by atoms with E-state index in [4.69, 9.17) is 0 Å². The van der Waals surface area contributed by atoms with Gasteiger partial charge >= 0.3 is 5.97 Å². The second-order valence-corrected chi connectivity index (χ2v) is 6.01. The average Bonchev–Trinajstić information content (AvgIpc) is 2.39. The van der Waals surface area contributed by atoms with Gasteiger partial charge in [-0.3, -0.25) is 4.79 Å². The molecule has 0 radical (unpaired) electrons. The van der Waals surface area contributed by atoms with Crippen LogP contribution in [0, 0.1) is 9.49 Å². The van der Waals surface area contributed by atoms with E-state index < -0.39 is 17.9 Å². The third-order valence-corrected chi connectivity index (χ3v) is 3.62. The molecule has 0 heterocycles. The lowest BCUT2D eigenvalue weighted by molar-refractivity contribution is -0.143. The van der Waals surface area contributed by atoms with E-state index in [0.717, 1.165) is 0 Å². The Hall–Kier alpha value is -1.31. The second-order valence-electron chi connectivity index (χ2n) is 4.84. The quantitative estimate of drug-likeness (QED) is 0.597. The summed E-state index contributed by atoms with van der Waals surface area (Å²) in [6.45, 7) is 3.91. The summed E-state index contributed by atoms with van der Waals surface area (Å²) in [5.41, 5.74) is 0.306. The Morgan fingerprint density at radius 2 is 2.05 bits per heavy atom. The van der Waals surface area contributed by atoms with Crippen molar-refractivity contribution in [3.05, 3.63) is 27.3 Å². The number of halogens is 1. The van der Waals surface area contributed by atoms with Gasteiger partial charge in [-0.2, -0.15) is 0 Å². The summed E-state index contributed by atoms with van der Waals surface area (Å²) < 4.78 is 5.35. The van der Waals surface area contributed by atoms with E-state index in [2.05, 4.69) is 10.1 Å². The predicted octanol–water partition coefficient (Wildman–Crippen LogP) is 2.31. The van der Waals surface area contributed by atoms with Crippen LogP contribution in [0.25, 0.3) is 0 Å². The first-order valence-corrected chi connectivity index (χ1v) is 7.30. The molecule has 6 heteroatoms. The van der Waals surface area contributed by atoms with Gasteiger partial charge in [-0.25, -0.2) is 4.79 Å². The van der Waals surface area contributed by atoms with Crippen molar-refractivity contribution in [1.82, 2.24) is 5.32 Å². The van der Waals surface area contributed by atoms with Crippen molar-refractivity contribution in [1.29, 1.82) is 0 Å². The molecule has 1 unspecified atom stereocenters. The van der Waals surface area contributed by atoms with E-state index in [1.54, 1.807) is 12.1 Å². The number of carbonyl (C=O) groups is 2. The number of ether oxygens (including phenoxy) is 1. The average molecular weight is 391 g/mol. The van der Waals surface area contributed by atoms with E-state index >= 15 is 0 Å². The number of hydrogen-bond acceptors (Lipinski definition) is 4. The van der Waals surface area contributed by atoms with Crippen LogP contribution in [-0.4, -0.2) is 30.1 Å². The number of benzene rings is 1. The van der Waals surface area contributed by atoms with E-state index in [1.807, 2.05) is 36.4 Å². The molecule has 0 saturated carbocycles. The van der Waals surface area contributed by atoms with Crippen LogP contribution in [0.5, 0.6) is 5.75 Å². The lowest BCUT2D eigenvalue weighted by Crippen LogP contribution is -2.42. The minimum absolute atomic E-state index is 0.0386. The van der Waals surface area contributed by atoms with Gasteiger partial charge in [-0.15, -0.1) is 0 Å². The van der Waals surface area contributed by atoms with Crippen LogP contribution in [0.3, 0.4) is 0 Å². The van der Waals surface area contributed by atoms with Crippen LogP contribution in [0.2, 0.25) is 0 Å². The highest BCUT2D eigenvalue weighted by Crippen LogP contribution is 2.20. The van der Waals surface area contributed by atoms with Gasteiger partial charge in [0.2, 0.25) is 0 Å². The molecule has 1 atom stereocenters. The lowest BCUT2D eigenvalue weighted by Gasteiger charge is -2.18. The van der Waals surface area contributed by atoms with Crippen LogP contribution in [-0.2, 0) is 9.53 Å². The minimum atomic E-state index is -0.686. The molecule has 0 aliphatic rings. The van der Waals surface area contributed by atoms with E-state index in [-0.39, 0.29) is 11.7 Å². The summed E-state index contributed by atoms with van der Waals surface area (Å²) in [6.07, 6.45) is 0.495. The first kappa shape index (κ1) is 16.7. The molecule has 20 heavy (non-hydrogen) atoms. The summed E-state index contributed by atoms with van der Waals surface area (Å²) in [4.78, 5) is 23.7. The van der Waals surface area contributed by atoms with Gasteiger partial charge in [0, 0.05) is 5.56 Å². The van der Waals surface area contributed by atoms with Gasteiger partial charge in [0.15, 0.2) is 0 Å². The number of rotatable bonds is 5. The van der Waals surface area contributed by atoms with Crippen molar-refractivity contribution in [2.75, 3.05) is 7.11 Å². The van der Waals surface area contributed by atoms with Crippen molar-refractivity contribution >= 4 is 34.5 Å². The number of esters is 1.